The summed E-state index contributed by atoms with van der Waals surface area (Å²) in [7, 11) is -3.86. The molecular weight excluding hydrogens is 759 g/mol. The van der Waals surface area contributed by atoms with Crippen LogP contribution in [0.15, 0.2) is 47.5 Å². The maximum absolute atomic E-state index is 12.9. The van der Waals surface area contributed by atoms with E-state index in [2.05, 4.69) is 15.0 Å². The van der Waals surface area contributed by atoms with Crippen molar-refractivity contribution in [3.8, 4) is 0 Å². The third-order valence-electron chi connectivity index (χ3n) is 8.86. The van der Waals surface area contributed by atoms with E-state index in [0.717, 1.165) is 44.1 Å². The Hall–Kier alpha value is -3.96. The second-order valence-corrected chi connectivity index (χ2v) is 15.5. The minimum atomic E-state index is -3.86. The van der Waals surface area contributed by atoms with Crippen LogP contribution in [0, 0.1) is 0 Å². The van der Waals surface area contributed by atoms with Gasteiger partial charge in [-0.1, -0.05) is 82.8 Å². The van der Waals surface area contributed by atoms with E-state index in [1.807, 2.05) is 12.1 Å². The first-order valence-corrected chi connectivity index (χ1v) is 21.7. The zero-order valence-corrected chi connectivity index (χ0v) is 34.1. The summed E-state index contributed by atoms with van der Waals surface area (Å²) in [5.41, 5.74) is 1.35. The number of benzene rings is 1. The number of carbonyl (C=O) groups is 4. The Kier molecular flexibility index (Phi) is 26.8. The summed E-state index contributed by atoms with van der Waals surface area (Å²) in [5.74, 6) is -2.11. The summed E-state index contributed by atoms with van der Waals surface area (Å²) in [4.78, 5) is 49.4. The van der Waals surface area contributed by atoms with Crippen molar-refractivity contribution in [2.24, 2.45) is 0 Å². The topological polar surface area (TPSA) is 217 Å². The van der Waals surface area contributed by atoms with Crippen molar-refractivity contribution in [3.05, 3.63) is 53.7 Å². The van der Waals surface area contributed by atoms with E-state index < -0.39 is 22.0 Å². The number of pyridine rings is 1. The number of Topliss-reactive ketones (excluding diaryl/α,β-unsaturated/α-hetero) is 1. The third-order valence-corrected chi connectivity index (χ3v) is 10.2. The van der Waals surface area contributed by atoms with E-state index in [1.54, 1.807) is 12.1 Å². The largest absolute Gasteiger partial charge is 0.481 e. The molecule has 16 heteroatoms. The summed E-state index contributed by atoms with van der Waals surface area (Å²) < 4.78 is 49.2. The summed E-state index contributed by atoms with van der Waals surface area (Å²) in [6.45, 7) is 1.29. The number of aliphatic carboxylic acids is 2. The van der Waals surface area contributed by atoms with Gasteiger partial charge in [-0.05, 0) is 55.5 Å². The van der Waals surface area contributed by atoms with Gasteiger partial charge in [-0.2, -0.15) is 0 Å². The Morgan fingerprint density at radius 3 is 1.72 bits per heavy atom. The minimum absolute atomic E-state index is 0.0423. The highest BCUT2D eigenvalue weighted by atomic mass is 32.2. The molecule has 0 saturated heterocycles. The molecule has 15 nitrogen and oxygen atoms in total. The molecule has 0 fully saturated rings. The van der Waals surface area contributed by atoms with E-state index in [-0.39, 0.29) is 87.2 Å². The number of carbonyl (C=O) groups excluding carboxylic acids is 2. The second kappa shape index (κ2) is 31.1. The lowest BCUT2D eigenvalue weighted by atomic mass is 10.0. The van der Waals surface area contributed by atoms with Crippen molar-refractivity contribution < 1.29 is 56.8 Å². The molecule has 0 radical (unpaired) electrons. The molecule has 0 aliphatic carbocycles. The average Bonchev–Trinajstić information content (AvgIpc) is 3.18. The Morgan fingerprint density at radius 1 is 0.579 bits per heavy atom. The molecular formula is C41H63N3O12S. The molecule has 0 spiro atoms. The van der Waals surface area contributed by atoms with Crippen LogP contribution in [0.2, 0.25) is 0 Å². The number of ketones is 1. The van der Waals surface area contributed by atoms with Crippen molar-refractivity contribution in [1.29, 1.82) is 0 Å². The van der Waals surface area contributed by atoms with Crippen LogP contribution in [-0.2, 0) is 49.8 Å². The zero-order chi connectivity index (χ0) is 41.4. The number of ether oxygens (including phenoxy) is 4. The van der Waals surface area contributed by atoms with Crippen molar-refractivity contribution >= 4 is 39.5 Å². The molecule has 0 saturated carbocycles. The standard InChI is InChI=1S/C41H63N3O12S/c45-36(16-14-25-53-27-30-56-33-40(48)49)32-55-29-28-54-26-24-42-41(50)35-20-23-38(43-31-35)44-57(51,52)37-21-18-34(19-22-37)15-12-10-8-6-4-2-1-3-5-7-9-11-13-17-39(46)47/h18-23,31H,1-17,24-30,32-33H2,(H,42,50)(H,43,44)(H,46,47)(H,48,49). The van der Waals surface area contributed by atoms with Crippen molar-refractivity contribution in [2.45, 2.75) is 114 Å². The fourth-order valence-corrected chi connectivity index (χ4v) is 6.75. The zero-order valence-electron chi connectivity index (χ0n) is 33.3. The van der Waals surface area contributed by atoms with Gasteiger partial charge in [0.2, 0.25) is 0 Å². The summed E-state index contributed by atoms with van der Waals surface area (Å²) in [6, 6.07) is 9.78. The number of nitrogens with zero attached hydrogens (tertiary/aromatic N) is 1. The van der Waals surface area contributed by atoms with E-state index in [1.165, 1.54) is 69.7 Å². The number of rotatable bonds is 37. The van der Waals surface area contributed by atoms with Gasteiger partial charge in [-0.15, -0.1) is 0 Å². The van der Waals surface area contributed by atoms with Crippen molar-refractivity contribution in [3.63, 3.8) is 0 Å². The maximum atomic E-state index is 12.9. The molecule has 2 rings (SSSR count). The lowest BCUT2D eigenvalue weighted by Crippen LogP contribution is -2.28. The number of sulfonamides is 1. The highest BCUT2D eigenvalue weighted by Gasteiger charge is 2.15. The second-order valence-electron chi connectivity index (χ2n) is 13.8. The Balaban J connectivity index is 1.50. The fourth-order valence-electron chi connectivity index (χ4n) is 5.74. The smallest absolute Gasteiger partial charge is 0.329 e. The first kappa shape index (κ1) is 49.2. The number of hydrogen-bond acceptors (Lipinski definition) is 11. The lowest BCUT2D eigenvalue weighted by molar-refractivity contribution is -0.143. The Morgan fingerprint density at radius 2 is 1.14 bits per heavy atom. The summed E-state index contributed by atoms with van der Waals surface area (Å²) in [6.07, 6.45) is 18.3. The third kappa shape index (κ3) is 25.8. The number of carboxylic acids is 2. The van der Waals surface area contributed by atoms with E-state index in [9.17, 15) is 27.6 Å². The van der Waals surface area contributed by atoms with Gasteiger partial charge >= 0.3 is 11.9 Å². The number of unbranched alkanes of at least 4 members (excludes halogenated alkanes) is 12. The Bertz CT molecular complexity index is 1520. The number of aryl methyl sites for hydroxylation is 1. The summed E-state index contributed by atoms with van der Waals surface area (Å²) in [5, 5.41) is 19.8. The van der Waals surface area contributed by atoms with Crippen LogP contribution in [0.25, 0.3) is 0 Å². The number of nitrogens with one attached hydrogen (secondary N) is 2. The molecule has 1 heterocycles. The molecule has 1 aromatic heterocycles. The van der Waals surface area contributed by atoms with Gasteiger partial charge in [-0.25, -0.2) is 18.2 Å². The van der Waals surface area contributed by atoms with Gasteiger partial charge in [0.1, 0.15) is 19.0 Å². The van der Waals surface area contributed by atoms with Crippen LogP contribution >= 0.6 is 0 Å². The van der Waals surface area contributed by atoms with Gasteiger partial charge in [0.25, 0.3) is 15.9 Å². The van der Waals surface area contributed by atoms with Gasteiger partial charge in [0.05, 0.1) is 43.5 Å². The van der Waals surface area contributed by atoms with Crippen LogP contribution in [0.4, 0.5) is 5.82 Å². The molecule has 57 heavy (non-hydrogen) atoms. The first-order chi connectivity index (χ1) is 27.6. The number of hydrogen-bond donors (Lipinski definition) is 4. The summed E-state index contributed by atoms with van der Waals surface area (Å²) >= 11 is 0. The SMILES string of the molecule is O=C(O)CCCCCCCCCCCCCCCc1ccc(S(=O)(=O)Nc2ccc(C(=O)NCCOCCOCC(=O)CCCOCCOCC(=O)O)cn2)cc1. The van der Waals surface area contributed by atoms with Crippen LogP contribution in [0.1, 0.15) is 119 Å². The molecule has 0 aliphatic heterocycles. The normalized spacial score (nSPS) is 11.4. The number of aromatic nitrogens is 1. The van der Waals surface area contributed by atoms with Gasteiger partial charge in [0.15, 0.2) is 5.78 Å². The maximum Gasteiger partial charge on any atom is 0.329 e. The highest BCUT2D eigenvalue weighted by Crippen LogP contribution is 2.18. The fraction of sp³-hybridized carbons (Fsp3) is 0.634. The highest BCUT2D eigenvalue weighted by molar-refractivity contribution is 7.92. The predicted octanol–water partition coefficient (Wildman–Crippen LogP) is 6.20. The minimum Gasteiger partial charge on any atom is -0.481 e. The number of anilines is 1. The monoisotopic (exact) mass is 821 g/mol. The number of carboxylic acid groups (broad SMARTS) is 2. The van der Waals surface area contributed by atoms with Gasteiger partial charge < -0.3 is 34.5 Å². The van der Waals surface area contributed by atoms with Crippen molar-refractivity contribution in [1.82, 2.24) is 10.3 Å². The molecule has 0 aliphatic rings. The molecule has 2 aromatic rings. The predicted molar refractivity (Wildman–Crippen MR) is 215 cm³/mol. The molecule has 0 bridgehead atoms. The van der Waals surface area contributed by atoms with Gasteiger partial charge in [0, 0.05) is 32.2 Å². The van der Waals surface area contributed by atoms with E-state index in [4.69, 9.17) is 29.2 Å². The lowest BCUT2D eigenvalue weighted by Gasteiger charge is -2.10. The van der Waals surface area contributed by atoms with Crippen LogP contribution < -0.4 is 10.0 Å². The van der Waals surface area contributed by atoms with Crippen LogP contribution in [0.3, 0.4) is 0 Å². The van der Waals surface area contributed by atoms with Gasteiger partial charge in [-0.3, -0.25) is 19.1 Å². The van der Waals surface area contributed by atoms with E-state index in [0.29, 0.717) is 19.4 Å². The molecule has 1 aromatic carbocycles. The van der Waals surface area contributed by atoms with Crippen LogP contribution in [-0.4, -0.2) is 107 Å². The molecule has 0 atom stereocenters. The molecule has 1 amide bonds. The number of amides is 1. The first-order valence-electron chi connectivity index (χ1n) is 20.2. The van der Waals surface area contributed by atoms with E-state index >= 15 is 0 Å². The quantitative estimate of drug-likeness (QED) is 0.0559. The van der Waals surface area contributed by atoms with Crippen molar-refractivity contribution in [2.75, 3.05) is 64.1 Å². The average molecular weight is 822 g/mol. The molecule has 4 N–H and O–H groups in total. The molecule has 320 valence electrons. The Labute approximate surface area is 337 Å². The molecule has 0 unspecified atom stereocenters. The van der Waals surface area contributed by atoms with Crippen LogP contribution in [0.5, 0.6) is 0 Å².